The molecule has 2 rings (SSSR count). The average Bonchev–Trinajstić information content (AvgIpc) is 2.37. The van der Waals surface area contributed by atoms with Gasteiger partial charge in [-0.25, -0.2) is 4.79 Å². The molecule has 0 fully saturated rings. The van der Waals surface area contributed by atoms with Gasteiger partial charge in [0.15, 0.2) is 0 Å². The summed E-state index contributed by atoms with van der Waals surface area (Å²) in [6.45, 7) is 4.68. The van der Waals surface area contributed by atoms with Crippen LogP contribution in [0.3, 0.4) is 0 Å². The molecule has 1 unspecified atom stereocenters. The number of hydrogen-bond donors (Lipinski definition) is 1. The van der Waals surface area contributed by atoms with Crippen LogP contribution in [-0.2, 0) is 14.9 Å². The average molecular weight is 290 g/mol. The standard InChI is InChI=1S/C14H14N2O5/c1-4-19-13(18)14(3)8(6-15)11(16)21-9-5-7(2)20-12(17)10(9)14/h5H,4,16H2,1-3H3. The number of nitriles is 1. The second kappa shape index (κ2) is 4.98. The SMILES string of the molecule is CCOC(=O)C1(C)C(C#N)=C(N)Oc2cc(C)oc(=O)c21. The molecule has 0 saturated heterocycles. The van der Waals surface area contributed by atoms with Gasteiger partial charge in [-0.2, -0.15) is 5.26 Å². The van der Waals surface area contributed by atoms with Crippen LogP contribution in [0.4, 0.5) is 0 Å². The van der Waals surface area contributed by atoms with Gasteiger partial charge in [-0.1, -0.05) is 0 Å². The van der Waals surface area contributed by atoms with Gasteiger partial charge < -0.3 is 19.6 Å². The highest BCUT2D eigenvalue weighted by Gasteiger charge is 2.50. The normalized spacial score (nSPS) is 20.3. The minimum atomic E-state index is -1.66. The second-order valence-electron chi connectivity index (χ2n) is 4.68. The lowest BCUT2D eigenvalue weighted by atomic mass is 9.75. The third kappa shape index (κ3) is 2.05. The summed E-state index contributed by atoms with van der Waals surface area (Å²) in [7, 11) is 0. The molecule has 1 aliphatic heterocycles. The topological polar surface area (TPSA) is 116 Å². The minimum Gasteiger partial charge on any atom is -0.465 e. The van der Waals surface area contributed by atoms with Crippen LogP contribution in [0.5, 0.6) is 5.75 Å². The van der Waals surface area contributed by atoms with Crippen molar-refractivity contribution in [1.29, 1.82) is 5.26 Å². The van der Waals surface area contributed by atoms with E-state index in [1.165, 1.54) is 13.0 Å². The zero-order valence-electron chi connectivity index (χ0n) is 11.9. The van der Waals surface area contributed by atoms with Gasteiger partial charge in [0.2, 0.25) is 5.88 Å². The highest BCUT2D eigenvalue weighted by molar-refractivity contribution is 5.89. The van der Waals surface area contributed by atoms with E-state index in [1.54, 1.807) is 13.8 Å². The fraction of sp³-hybridized carbons (Fsp3) is 0.357. The van der Waals surface area contributed by atoms with Crippen LogP contribution in [0, 0.1) is 18.3 Å². The van der Waals surface area contributed by atoms with E-state index in [9.17, 15) is 14.9 Å². The van der Waals surface area contributed by atoms with Gasteiger partial charge >= 0.3 is 11.6 Å². The zero-order valence-corrected chi connectivity index (χ0v) is 11.9. The van der Waals surface area contributed by atoms with E-state index in [0.717, 1.165) is 0 Å². The number of carbonyl (C=O) groups excluding carboxylic acids is 1. The molecule has 0 aliphatic carbocycles. The molecule has 0 spiro atoms. The first-order valence-corrected chi connectivity index (χ1v) is 6.26. The largest absolute Gasteiger partial charge is 0.465 e. The Labute approximate surface area is 120 Å². The summed E-state index contributed by atoms with van der Waals surface area (Å²) < 4.78 is 15.3. The Hall–Kier alpha value is -2.75. The number of nitrogens with zero attached hydrogens (tertiary/aromatic N) is 1. The summed E-state index contributed by atoms with van der Waals surface area (Å²) in [5, 5.41) is 9.28. The third-order valence-electron chi connectivity index (χ3n) is 3.30. The van der Waals surface area contributed by atoms with Crippen LogP contribution in [-0.4, -0.2) is 12.6 Å². The Morgan fingerprint density at radius 3 is 2.81 bits per heavy atom. The molecule has 110 valence electrons. The van der Waals surface area contributed by atoms with Crippen molar-refractivity contribution in [3.05, 3.63) is 39.3 Å². The van der Waals surface area contributed by atoms with E-state index in [0.29, 0.717) is 5.76 Å². The first kappa shape index (κ1) is 14.7. The predicted octanol–water partition coefficient (Wildman–Crippen LogP) is 0.855. The first-order chi connectivity index (χ1) is 9.86. The molecule has 21 heavy (non-hydrogen) atoms. The van der Waals surface area contributed by atoms with E-state index >= 15 is 0 Å². The molecule has 1 aromatic rings. The van der Waals surface area contributed by atoms with Crippen LogP contribution in [0.25, 0.3) is 0 Å². The van der Waals surface area contributed by atoms with E-state index in [2.05, 4.69) is 0 Å². The number of hydrogen-bond acceptors (Lipinski definition) is 7. The van der Waals surface area contributed by atoms with Crippen molar-refractivity contribution >= 4 is 5.97 Å². The summed E-state index contributed by atoms with van der Waals surface area (Å²) in [6, 6.07) is 3.25. The van der Waals surface area contributed by atoms with Gasteiger partial charge in [0.1, 0.15) is 34.1 Å². The number of carbonyl (C=O) groups is 1. The van der Waals surface area contributed by atoms with E-state index in [4.69, 9.17) is 19.6 Å². The van der Waals surface area contributed by atoms with Crippen LogP contribution in [0.1, 0.15) is 25.2 Å². The molecule has 2 N–H and O–H groups in total. The molecule has 0 saturated carbocycles. The van der Waals surface area contributed by atoms with Crippen molar-refractivity contribution in [3.8, 4) is 11.8 Å². The number of rotatable bonds is 2. The summed E-state index contributed by atoms with van der Waals surface area (Å²) in [5.41, 5.74) is 3.03. The van der Waals surface area contributed by atoms with Gasteiger partial charge in [-0.3, -0.25) is 4.79 Å². The smallest absolute Gasteiger partial charge is 0.344 e. The van der Waals surface area contributed by atoms with Gasteiger partial charge in [0.05, 0.1) is 6.61 Å². The highest BCUT2D eigenvalue weighted by atomic mass is 16.5. The Bertz CT molecular complexity index is 741. The van der Waals surface area contributed by atoms with Crippen molar-refractivity contribution in [1.82, 2.24) is 0 Å². The number of fused-ring (bicyclic) bond motifs is 1. The summed E-state index contributed by atoms with van der Waals surface area (Å²) in [6.07, 6.45) is 0. The van der Waals surface area contributed by atoms with Gasteiger partial charge in [0.25, 0.3) is 0 Å². The number of ether oxygens (including phenoxy) is 2. The molecule has 2 heterocycles. The van der Waals surface area contributed by atoms with Crippen molar-refractivity contribution in [2.75, 3.05) is 6.61 Å². The summed E-state index contributed by atoms with van der Waals surface area (Å²) >= 11 is 0. The first-order valence-electron chi connectivity index (χ1n) is 6.26. The second-order valence-corrected chi connectivity index (χ2v) is 4.68. The van der Waals surface area contributed by atoms with Crippen LogP contribution in [0.2, 0.25) is 0 Å². The third-order valence-corrected chi connectivity index (χ3v) is 3.30. The predicted molar refractivity (Wildman–Crippen MR) is 71.2 cm³/mol. The highest BCUT2D eigenvalue weighted by Crippen LogP contribution is 2.41. The van der Waals surface area contributed by atoms with Crippen molar-refractivity contribution in [3.63, 3.8) is 0 Å². The molecule has 7 nitrogen and oxygen atoms in total. The molecule has 1 atom stereocenters. The summed E-state index contributed by atoms with van der Waals surface area (Å²) in [4.78, 5) is 24.5. The van der Waals surface area contributed by atoms with E-state index in [-0.39, 0.29) is 29.4 Å². The Morgan fingerprint density at radius 2 is 2.24 bits per heavy atom. The molecule has 0 amide bonds. The fourth-order valence-electron chi connectivity index (χ4n) is 2.30. The Kier molecular flexibility index (Phi) is 3.47. The number of aryl methyl sites for hydroxylation is 1. The molecule has 0 aromatic carbocycles. The zero-order chi connectivity index (χ0) is 15.8. The molecular weight excluding hydrogens is 276 g/mol. The number of esters is 1. The van der Waals surface area contributed by atoms with Crippen molar-refractivity contribution < 1.29 is 18.7 Å². The fourth-order valence-corrected chi connectivity index (χ4v) is 2.30. The molecule has 7 heteroatoms. The maximum atomic E-state index is 12.3. The van der Waals surface area contributed by atoms with Crippen LogP contribution < -0.4 is 16.1 Å². The Balaban J connectivity index is 2.82. The monoisotopic (exact) mass is 290 g/mol. The minimum absolute atomic E-state index is 0.0858. The van der Waals surface area contributed by atoms with E-state index in [1.807, 2.05) is 6.07 Å². The molecule has 0 radical (unpaired) electrons. The number of nitrogens with two attached hydrogens (primary N) is 1. The van der Waals surface area contributed by atoms with Gasteiger partial charge in [-0.05, 0) is 20.8 Å². The maximum Gasteiger partial charge on any atom is 0.344 e. The van der Waals surface area contributed by atoms with Crippen LogP contribution in [0.15, 0.2) is 26.7 Å². The van der Waals surface area contributed by atoms with E-state index < -0.39 is 17.0 Å². The van der Waals surface area contributed by atoms with Crippen molar-refractivity contribution in [2.24, 2.45) is 5.73 Å². The molecular formula is C14H14N2O5. The molecule has 1 aromatic heterocycles. The maximum absolute atomic E-state index is 12.3. The molecule has 0 bridgehead atoms. The lowest BCUT2D eigenvalue weighted by molar-refractivity contribution is -0.148. The van der Waals surface area contributed by atoms with Gasteiger partial charge in [0, 0.05) is 6.07 Å². The lowest BCUT2D eigenvalue weighted by Crippen LogP contribution is -2.44. The van der Waals surface area contributed by atoms with Crippen LogP contribution >= 0.6 is 0 Å². The van der Waals surface area contributed by atoms with Gasteiger partial charge in [-0.15, -0.1) is 0 Å². The Morgan fingerprint density at radius 1 is 1.57 bits per heavy atom. The lowest BCUT2D eigenvalue weighted by Gasteiger charge is -2.31. The molecule has 1 aliphatic rings. The summed E-state index contributed by atoms with van der Waals surface area (Å²) in [5.74, 6) is -0.593. The van der Waals surface area contributed by atoms with Crippen molar-refractivity contribution in [2.45, 2.75) is 26.2 Å². The quantitative estimate of drug-likeness (QED) is 0.803.